The molecule has 2 heterocycles. The molecule has 4 nitrogen and oxygen atoms in total. The van der Waals surface area contributed by atoms with Crippen LogP contribution in [0.4, 0.5) is 5.69 Å². The summed E-state index contributed by atoms with van der Waals surface area (Å²) in [5.74, 6) is -0.304. The number of anilines is 1. The maximum Gasteiger partial charge on any atom is 0.224 e. The summed E-state index contributed by atoms with van der Waals surface area (Å²) >= 11 is 1.63. The molecule has 3 N–H and O–H groups in total. The minimum Gasteiger partial charge on any atom is -0.383 e. The Morgan fingerprint density at radius 1 is 1.53 bits per heavy atom. The van der Waals surface area contributed by atoms with Gasteiger partial charge in [0.15, 0.2) is 0 Å². The number of amides is 1. The Balaban J connectivity index is 2.19. The van der Waals surface area contributed by atoms with Crippen molar-refractivity contribution >= 4 is 33.1 Å². The van der Waals surface area contributed by atoms with Crippen molar-refractivity contribution in [3.8, 4) is 0 Å². The monoisotopic (exact) mass is 249 g/mol. The molecule has 17 heavy (non-hydrogen) atoms. The number of carbonyl (C=O) groups excluding carboxylic acids is 1. The fraction of sp³-hybridized carbons (Fsp3) is 0.333. The molecule has 0 spiro atoms. The van der Waals surface area contributed by atoms with Crippen molar-refractivity contribution in [2.75, 3.05) is 11.9 Å². The van der Waals surface area contributed by atoms with Gasteiger partial charge >= 0.3 is 0 Å². The van der Waals surface area contributed by atoms with Crippen molar-refractivity contribution < 1.29 is 4.79 Å². The maximum atomic E-state index is 11.2. The van der Waals surface area contributed by atoms with Gasteiger partial charge in [-0.15, -0.1) is 11.3 Å². The average molecular weight is 249 g/mol. The number of aromatic nitrogens is 1. The van der Waals surface area contributed by atoms with Gasteiger partial charge in [-0.1, -0.05) is 0 Å². The predicted molar refractivity (Wildman–Crippen MR) is 71.1 cm³/mol. The van der Waals surface area contributed by atoms with Gasteiger partial charge in [0.25, 0.3) is 0 Å². The van der Waals surface area contributed by atoms with Crippen LogP contribution in [0.25, 0.3) is 10.2 Å². The van der Waals surface area contributed by atoms with Crippen LogP contribution in [0, 0.1) is 5.41 Å². The summed E-state index contributed by atoms with van der Waals surface area (Å²) < 4.78 is 1.10. The Kier molecular flexibility index (Phi) is 3.02. The summed E-state index contributed by atoms with van der Waals surface area (Å²) in [6.07, 6.45) is 1.76. The number of rotatable bonds is 4. The van der Waals surface area contributed by atoms with Crippen molar-refractivity contribution in [2.24, 2.45) is 11.1 Å². The van der Waals surface area contributed by atoms with Crippen LogP contribution in [-0.4, -0.2) is 17.4 Å². The lowest BCUT2D eigenvalue weighted by Crippen LogP contribution is -2.37. The zero-order valence-electron chi connectivity index (χ0n) is 9.86. The van der Waals surface area contributed by atoms with Crippen molar-refractivity contribution in [1.29, 1.82) is 0 Å². The topological polar surface area (TPSA) is 68.0 Å². The second kappa shape index (κ2) is 4.33. The number of fused-ring (bicyclic) bond motifs is 1. The first-order valence-electron chi connectivity index (χ1n) is 5.37. The van der Waals surface area contributed by atoms with Crippen LogP contribution in [-0.2, 0) is 4.79 Å². The van der Waals surface area contributed by atoms with Crippen LogP contribution in [0.3, 0.4) is 0 Å². The van der Waals surface area contributed by atoms with Gasteiger partial charge in [0.1, 0.15) is 0 Å². The van der Waals surface area contributed by atoms with E-state index in [1.54, 1.807) is 17.5 Å². The van der Waals surface area contributed by atoms with Crippen LogP contribution in [0.15, 0.2) is 23.7 Å². The number of nitrogens with one attached hydrogen (secondary N) is 1. The summed E-state index contributed by atoms with van der Waals surface area (Å²) in [4.78, 5) is 15.5. The van der Waals surface area contributed by atoms with Gasteiger partial charge in [-0.05, 0) is 31.4 Å². The van der Waals surface area contributed by atoms with Gasteiger partial charge in [0.2, 0.25) is 5.91 Å². The summed E-state index contributed by atoms with van der Waals surface area (Å²) in [6.45, 7) is 4.17. The molecule has 0 aliphatic carbocycles. The summed E-state index contributed by atoms with van der Waals surface area (Å²) in [7, 11) is 0. The van der Waals surface area contributed by atoms with Crippen molar-refractivity contribution in [2.45, 2.75) is 13.8 Å². The second-order valence-electron chi connectivity index (χ2n) is 4.60. The van der Waals surface area contributed by atoms with Crippen molar-refractivity contribution in [3.05, 3.63) is 23.7 Å². The number of thiophene rings is 1. The summed E-state index contributed by atoms with van der Waals surface area (Å²) in [5, 5.41) is 5.27. The fourth-order valence-corrected chi connectivity index (χ4v) is 2.26. The first-order chi connectivity index (χ1) is 8.00. The van der Waals surface area contributed by atoms with Crippen molar-refractivity contribution in [1.82, 2.24) is 4.98 Å². The number of primary amides is 1. The van der Waals surface area contributed by atoms with E-state index in [-0.39, 0.29) is 5.91 Å². The Hall–Kier alpha value is -1.62. The zero-order chi connectivity index (χ0) is 12.5. The molecular weight excluding hydrogens is 234 g/mol. The third-order valence-corrected chi connectivity index (χ3v) is 3.67. The third-order valence-electron chi connectivity index (χ3n) is 2.73. The molecule has 0 aliphatic rings. The lowest BCUT2D eigenvalue weighted by atomic mass is 9.93. The summed E-state index contributed by atoms with van der Waals surface area (Å²) in [6, 6.07) is 3.89. The lowest BCUT2D eigenvalue weighted by Gasteiger charge is -2.21. The molecule has 1 amide bonds. The molecule has 5 heteroatoms. The lowest BCUT2D eigenvalue weighted by molar-refractivity contribution is -0.125. The zero-order valence-corrected chi connectivity index (χ0v) is 10.7. The molecule has 2 rings (SSSR count). The van der Waals surface area contributed by atoms with E-state index in [2.05, 4.69) is 10.3 Å². The van der Waals surface area contributed by atoms with E-state index in [1.165, 1.54) is 0 Å². The van der Waals surface area contributed by atoms with Gasteiger partial charge in [-0.2, -0.15) is 0 Å². The Labute approximate surface area is 104 Å². The van der Waals surface area contributed by atoms with E-state index in [0.717, 1.165) is 15.9 Å². The molecule has 0 unspecified atom stereocenters. The Bertz CT molecular complexity index is 547. The summed E-state index contributed by atoms with van der Waals surface area (Å²) in [5.41, 5.74) is 6.74. The molecule has 0 aromatic carbocycles. The molecule has 0 atom stereocenters. The molecule has 0 bridgehead atoms. The number of carbonyl (C=O) groups is 1. The van der Waals surface area contributed by atoms with E-state index in [4.69, 9.17) is 5.73 Å². The third kappa shape index (κ3) is 2.39. The van der Waals surface area contributed by atoms with Crippen molar-refractivity contribution in [3.63, 3.8) is 0 Å². The highest BCUT2D eigenvalue weighted by Crippen LogP contribution is 2.27. The van der Waals surface area contributed by atoms with Crippen LogP contribution < -0.4 is 11.1 Å². The maximum absolute atomic E-state index is 11.2. The normalized spacial score (nSPS) is 11.6. The van der Waals surface area contributed by atoms with E-state index >= 15 is 0 Å². The predicted octanol–water partition coefficient (Wildman–Crippen LogP) is 2.22. The largest absolute Gasteiger partial charge is 0.383 e. The molecular formula is C12H15N3OS. The molecule has 90 valence electrons. The highest BCUT2D eigenvalue weighted by Gasteiger charge is 2.24. The Morgan fingerprint density at radius 2 is 2.29 bits per heavy atom. The van der Waals surface area contributed by atoms with Gasteiger partial charge in [-0.25, -0.2) is 0 Å². The molecule has 0 fully saturated rings. The minimum absolute atomic E-state index is 0.304. The molecule has 0 saturated heterocycles. The highest BCUT2D eigenvalue weighted by atomic mass is 32.1. The molecule has 2 aromatic heterocycles. The molecule has 2 aromatic rings. The molecule has 0 radical (unpaired) electrons. The first-order valence-corrected chi connectivity index (χ1v) is 6.25. The average Bonchev–Trinajstić information content (AvgIpc) is 2.74. The van der Waals surface area contributed by atoms with E-state index in [9.17, 15) is 4.79 Å². The van der Waals surface area contributed by atoms with Gasteiger partial charge in [0.05, 0.1) is 21.3 Å². The Morgan fingerprint density at radius 3 is 3.00 bits per heavy atom. The second-order valence-corrected chi connectivity index (χ2v) is 5.51. The molecule has 0 aliphatic heterocycles. The van der Waals surface area contributed by atoms with Crippen LogP contribution in [0.1, 0.15) is 13.8 Å². The SMILES string of the molecule is CC(C)(CNc1ccnc2ccsc12)C(N)=O. The first kappa shape index (κ1) is 11.9. The van der Waals surface area contributed by atoms with E-state index < -0.39 is 5.41 Å². The number of nitrogens with zero attached hydrogens (tertiary/aromatic N) is 1. The van der Waals surface area contributed by atoms with Crippen LogP contribution >= 0.6 is 11.3 Å². The highest BCUT2D eigenvalue weighted by molar-refractivity contribution is 7.17. The number of hydrogen-bond acceptors (Lipinski definition) is 4. The number of hydrogen-bond donors (Lipinski definition) is 2. The standard InChI is InChI=1S/C12H15N3OS/c1-12(2,11(13)16)7-15-8-3-5-14-9-4-6-17-10(8)9/h3-6H,7H2,1-2H3,(H2,13,16)(H,14,15). The van der Waals surface area contributed by atoms with E-state index in [0.29, 0.717) is 6.54 Å². The van der Waals surface area contributed by atoms with Crippen LogP contribution in [0.2, 0.25) is 0 Å². The van der Waals surface area contributed by atoms with E-state index in [1.807, 2.05) is 31.4 Å². The smallest absolute Gasteiger partial charge is 0.224 e. The van der Waals surface area contributed by atoms with Gasteiger partial charge in [-0.3, -0.25) is 9.78 Å². The van der Waals surface area contributed by atoms with Gasteiger partial charge in [0, 0.05) is 12.7 Å². The number of pyridine rings is 1. The van der Waals surface area contributed by atoms with Crippen LogP contribution in [0.5, 0.6) is 0 Å². The fourth-order valence-electron chi connectivity index (χ4n) is 1.42. The molecule has 0 saturated carbocycles. The van der Waals surface area contributed by atoms with Gasteiger partial charge < -0.3 is 11.1 Å². The minimum atomic E-state index is -0.563. The quantitative estimate of drug-likeness (QED) is 0.873. The number of nitrogens with two attached hydrogens (primary N) is 1.